The van der Waals surface area contributed by atoms with Gasteiger partial charge in [0.05, 0.1) is 12.7 Å². The van der Waals surface area contributed by atoms with E-state index in [-0.39, 0.29) is 18.8 Å². The van der Waals surface area contributed by atoms with Gasteiger partial charge in [-0.1, -0.05) is 30.3 Å². The van der Waals surface area contributed by atoms with E-state index in [1.165, 1.54) is 0 Å². The third-order valence-corrected chi connectivity index (χ3v) is 3.46. The molecule has 1 aromatic rings. The standard InChI is InChI=1S/C13H19NO5S/c1-13(2)18-11(8-9-17-20(14,15)16)12(19-13)10-6-4-3-5-7-10/h3-7,11-12H,8-9H2,1-2H3,(H2,14,15,16)/t11-,12-/m1/s1. The maximum Gasteiger partial charge on any atom is 0.333 e. The van der Waals surface area contributed by atoms with E-state index in [2.05, 4.69) is 4.18 Å². The van der Waals surface area contributed by atoms with E-state index in [0.29, 0.717) is 6.42 Å². The third kappa shape index (κ3) is 4.26. The fraction of sp³-hybridized carbons (Fsp3) is 0.538. The summed E-state index contributed by atoms with van der Waals surface area (Å²) in [4.78, 5) is 0. The lowest BCUT2D eigenvalue weighted by molar-refractivity contribution is -0.147. The molecule has 1 fully saturated rings. The van der Waals surface area contributed by atoms with Gasteiger partial charge in [0.15, 0.2) is 5.79 Å². The molecule has 2 atom stereocenters. The summed E-state index contributed by atoms with van der Waals surface area (Å²) in [6.45, 7) is 3.61. The van der Waals surface area contributed by atoms with E-state index in [4.69, 9.17) is 14.6 Å². The summed E-state index contributed by atoms with van der Waals surface area (Å²) in [6, 6.07) is 9.65. The van der Waals surface area contributed by atoms with Crippen molar-refractivity contribution >= 4 is 10.3 Å². The zero-order valence-electron chi connectivity index (χ0n) is 11.5. The molecule has 0 unspecified atom stereocenters. The van der Waals surface area contributed by atoms with Gasteiger partial charge in [-0.05, 0) is 19.4 Å². The Morgan fingerprint density at radius 2 is 1.90 bits per heavy atom. The van der Waals surface area contributed by atoms with Crippen molar-refractivity contribution in [2.45, 2.75) is 38.3 Å². The van der Waals surface area contributed by atoms with Crippen molar-refractivity contribution in [3.05, 3.63) is 35.9 Å². The molecule has 112 valence electrons. The van der Waals surface area contributed by atoms with Crippen molar-refractivity contribution in [3.8, 4) is 0 Å². The van der Waals surface area contributed by atoms with Gasteiger partial charge in [-0.15, -0.1) is 0 Å². The Kier molecular flexibility index (Phi) is 4.46. The molecule has 0 bridgehead atoms. The second-order valence-electron chi connectivity index (χ2n) is 5.11. The van der Waals surface area contributed by atoms with Crippen molar-refractivity contribution in [1.82, 2.24) is 0 Å². The summed E-state index contributed by atoms with van der Waals surface area (Å²) in [5, 5.41) is 4.80. The molecule has 1 heterocycles. The molecule has 1 aromatic carbocycles. The van der Waals surface area contributed by atoms with Gasteiger partial charge in [0.25, 0.3) is 0 Å². The summed E-state index contributed by atoms with van der Waals surface area (Å²) >= 11 is 0. The maximum absolute atomic E-state index is 10.8. The van der Waals surface area contributed by atoms with E-state index in [1.807, 2.05) is 44.2 Å². The number of hydrogen-bond donors (Lipinski definition) is 1. The quantitative estimate of drug-likeness (QED) is 0.890. The normalized spacial score (nSPS) is 25.8. The number of ether oxygens (including phenoxy) is 2. The zero-order valence-corrected chi connectivity index (χ0v) is 12.3. The summed E-state index contributed by atoms with van der Waals surface area (Å²) in [6.07, 6.45) is -0.163. The summed E-state index contributed by atoms with van der Waals surface area (Å²) in [5.74, 6) is -0.716. The van der Waals surface area contributed by atoms with Crippen LogP contribution in [0.15, 0.2) is 30.3 Å². The van der Waals surface area contributed by atoms with Gasteiger partial charge in [0, 0.05) is 6.42 Å². The van der Waals surface area contributed by atoms with Gasteiger partial charge in [0.1, 0.15) is 6.10 Å². The molecule has 0 aliphatic carbocycles. The Hall–Kier alpha value is -0.990. The van der Waals surface area contributed by atoms with Crippen molar-refractivity contribution in [2.24, 2.45) is 5.14 Å². The van der Waals surface area contributed by atoms with Crippen molar-refractivity contribution in [1.29, 1.82) is 0 Å². The molecule has 6 nitrogen and oxygen atoms in total. The molecule has 2 N–H and O–H groups in total. The Bertz CT molecular complexity index is 543. The van der Waals surface area contributed by atoms with Gasteiger partial charge in [-0.25, -0.2) is 5.14 Å². The van der Waals surface area contributed by atoms with E-state index in [9.17, 15) is 8.42 Å². The van der Waals surface area contributed by atoms with Gasteiger partial charge in [-0.2, -0.15) is 8.42 Å². The highest BCUT2D eigenvalue weighted by Crippen LogP contribution is 2.39. The van der Waals surface area contributed by atoms with Crippen LogP contribution in [0.4, 0.5) is 0 Å². The molecule has 0 aromatic heterocycles. The molecule has 0 amide bonds. The zero-order chi connectivity index (χ0) is 14.8. The van der Waals surface area contributed by atoms with Crippen molar-refractivity contribution in [3.63, 3.8) is 0 Å². The van der Waals surface area contributed by atoms with Crippen LogP contribution in [0.2, 0.25) is 0 Å². The first-order valence-corrected chi connectivity index (χ1v) is 7.82. The third-order valence-electron chi connectivity index (χ3n) is 2.96. The molecule has 1 aliphatic heterocycles. The van der Waals surface area contributed by atoms with Crippen LogP contribution in [-0.2, 0) is 24.0 Å². The molecule has 7 heteroatoms. The molecule has 1 saturated heterocycles. The van der Waals surface area contributed by atoms with Gasteiger partial charge < -0.3 is 9.47 Å². The molecule has 0 radical (unpaired) electrons. The SMILES string of the molecule is CC1(C)O[C@H](c2ccccc2)[C@@H](CCOS(N)(=O)=O)O1. The second kappa shape index (κ2) is 5.79. The van der Waals surface area contributed by atoms with Gasteiger partial charge in [0.2, 0.25) is 0 Å². The van der Waals surface area contributed by atoms with Crippen LogP contribution in [0.1, 0.15) is 31.9 Å². The van der Waals surface area contributed by atoms with Crippen LogP contribution in [0.3, 0.4) is 0 Å². The van der Waals surface area contributed by atoms with Crippen LogP contribution < -0.4 is 5.14 Å². The van der Waals surface area contributed by atoms with E-state index in [0.717, 1.165) is 5.56 Å². The first-order valence-electron chi connectivity index (χ1n) is 6.34. The van der Waals surface area contributed by atoms with Crippen LogP contribution in [-0.4, -0.2) is 26.9 Å². The highest BCUT2D eigenvalue weighted by molar-refractivity contribution is 7.84. The van der Waals surface area contributed by atoms with E-state index < -0.39 is 16.1 Å². The molecule has 0 saturated carbocycles. The lowest BCUT2D eigenvalue weighted by atomic mass is 10.0. The summed E-state index contributed by atoms with van der Waals surface area (Å²) in [7, 11) is -3.92. The van der Waals surface area contributed by atoms with Gasteiger partial charge >= 0.3 is 10.3 Å². The maximum atomic E-state index is 10.8. The number of benzene rings is 1. The highest BCUT2D eigenvalue weighted by atomic mass is 32.2. The summed E-state index contributed by atoms with van der Waals surface area (Å²) in [5.41, 5.74) is 0.985. The average molecular weight is 301 g/mol. The lowest BCUT2D eigenvalue weighted by Gasteiger charge is -2.16. The van der Waals surface area contributed by atoms with Crippen LogP contribution in [0.25, 0.3) is 0 Å². The number of rotatable bonds is 5. The van der Waals surface area contributed by atoms with Crippen LogP contribution in [0.5, 0.6) is 0 Å². The Labute approximate surface area is 119 Å². The number of nitrogens with two attached hydrogens (primary N) is 1. The minimum atomic E-state index is -3.92. The number of hydrogen-bond acceptors (Lipinski definition) is 5. The Morgan fingerprint density at radius 3 is 2.50 bits per heavy atom. The van der Waals surface area contributed by atoms with Gasteiger partial charge in [-0.3, -0.25) is 4.18 Å². The first-order chi connectivity index (χ1) is 9.27. The molecule has 0 spiro atoms. The minimum Gasteiger partial charge on any atom is -0.344 e. The predicted octanol–water partition coefficient (Wildman–Crippen LogP) is 1.49. The van der Waals surface area contributed by atoms with Crippen LogP contribution >= 0.6 is 0 Å². The Balaban J connectivity index is 2.05. The second-order valence-corrected chi connectivity index (χ2v) is 6.33. The average Bonchev–Trinajstić information content (AvgIpc) is 2.64. The van der Waals surface area contributed by atoms with Crippen molar-refractivity contribution < 1.29 is 22.1 Å². The predicted molar refractivity (Wildman–Crippen MR) is 72.9 cm³/mol. The minimum absolute atomic E-state index is 0.0354. The highest BCUT2D eigenvalue weighted by Gasteiger charge is 2.41. The summed E-state index contributed by atoms with van der Waals surface area (Å²) < 4.78 is 37.8. The molecular weight excluding hydrogens is 282 g/mol. The molecule has 2 rings (SSSR count). The van der Waals surface area contributed by atoms with E-state index >= 15 is 0 Å². The monoisotopic (exact) mass is 301 g/mol. The first kappa shape index (κ1) is 15.4. The lowest BCUT2D eigenvalue weighted by Crippen LogP contribution is -2.23. The van der Waals surface area contributed by atoms with E-state index in [1.54, 1.807) is 0 Å². The fourth-order valence-electron chi connectivity index (χ4n) is 2.25. The van der Waals surface area contributed by atoms with Crippen LogP contribution in [0, 0.1) is 0 Å². The smallest absolute Gasteiger partial charge is 0.333 e. The molecular formula is C13H19NO5S. The fourth-order valence-corrected chi connectivity index (χ4v) is 2.58. The largest absolute Gasteiger partial charge is 0.344 e. The van der Waals surface area contributed by atoms with Crippen molar-refractivity contribution in [2.75, 3.05) is 6.61 Å². The Morgan fingerprint density at radius 1 is 1.25 bits per heavy atom. The molecule has 1 aliphatic rings. The molecule has 20 heavy (non-hydrogen) atoms. The topological polar surface area (TPSA) is 87.9 Å².